The molecule has 1 N–H and O–H groups in total. The van der Waals surface area contributed by atoms with Gasteiger partial charge in [-0.15, -0.1) is 0 Å². The molecule has 0 atom stereocenters. The zero-order valence-electron chi connectivity index (χ0n) is 18.3. The number of hydrogen-bond donors (Lipinski definition) is 1. The molecule has 1 aliphatic heterocycles. The van der Waals surface area contributed by atoms with Crippen LogP contribution in [0.1, 0.15) is 25.7 Å². The van der Waals surface area contributed by atoms with Gasteiger partial charge in [-0.25, -0.2) is 9.97 Å². The Balaban J connectivity index is 1.16. The molecule has 1 saturated carbocycles. The second kappa shape index (κ2) is 8.82. The second-order valence-corrected chi connectivity index (χ2v) is 8.55. The zero-order chi connectivity index (χ0) is 22.0. The number of nitrogens with one attached hydrogen (secondary N) is 1. The summed E-state index contributed by atoms with van der Waals surface area (Å²) >= 11 is 0. The Morgan fingerprint density at radius 2 is 1.88 bits per heavy atom. The van der Waals surface area contributed by atoms with E-state index < -0.39 is 0 Å². The van der Waals surface area contributed by atoms with Crippen LogP contribution in [0, 0.1) is 0 Å². The summed E-state index contributed by atoms with van der Waals surface area (Å²) < 4.78 is 17.4. The monoisotopic (exact) mass is 446 g/mol. The highest BCUT2D eigenvalue weighted by atomic mass is 16.5. The number of ether oxygens (including phenoxy) is 2. The van der Waals surface area contributed by atoms with Crippen molar-refractivity contribution in [2.24, 2.45) is 0 Å². The van der Waals surface area contributed by atoms with Crippen molar-refractivity contribution in [1.82, 2.24) is 19.9 Å². The third kappa shape index (κ3) is 4.16. The summed E-state index contributed by atoms with van der Waals surface area (Å²) in [6.45, 7) is 3.09. The van der Waals surface area contributed by atoms with E-state index in [9.17, 15) is 0 Å². The van der Waals surface area contributed by atoms with Crippen molar-refractivity contribution < 1.29 is 13.9 Å². The number of anilines is 2. The lowest BCUT2D eigenvalue weighted by atomic mass is 9.93. The molecule has 33 heavy (non-hydrogen) atoms. The molecule has 0 amide bonds. The number of pyridine rings is 2. The van der Waals surface area contributed by atoms with Gasteiger partial charge in [-0.2, -0.15) is 4.98 Å². The van der Waals surface area contributed by atoms with Crippen LogP contribution in [0.2, 0.25) is 0 Å². The van der Waals surface area contributed by atoms with Gasteiger partial charge in [0.2, 0.25) is 11.6 Å². The maximum atomic E-state index is 6.48. The van der Waals surface area contributed by atoms with Gasteiger partial charge >= 0.3 is 0 Å². The van der Waals surface area contributed by atoms with E-state index in [0.29, 0.717) is 30.8 Å². The maximum absolute atomic E-state index is 6.48. The highest BCUT2D eigenvalue weighted by Crippen LogP contribution is 2.32. The van der Waals surface area contributed by atoms with Gasteiger partial charge in [0.1, 0.15) is 24.1 Å². The highest BCUT2D eigenvalue weighted by Gasteiger charge is 2.25. The molecule has 9 heteroatoms. The van der Waals surface area contributed by atoms with Crippen LogP contribution in [-0.4, -0.2) is 58.4 Å². The van der Waals surface area contributed by atoms with Crippen LogP contribution in [0.3, 0.4) is 0 Å². The van der Waals surface area contributed by atoms with Crippen molar-refractivity contribution in [3.8, 4) is 5.88 Å². The molecular weight excluding hydrogens is 420 g/mol. The quantitative estimate of drug-likeness (QED) is 0.491. The van der Waals surface area contributed by atoms with Crippen LogP contribution in [-0.2, 0) is 4.74 Å². The van der Waals surface area contributed by atoms with E-state index in [1.807, 2.05) is 30.5 Å². The Bertz CT molecular complexity index is 1250. The fourth-order valence-corrected chi connectivity index (χ4v) is 4.66. The van der Waals surface area contributed by atoms with E-state index in [-0.39, 0.29) is 6.10 Å². The lowest BCUT2D eigenvalue weighted by Gasteiger charge is -2.31. The van der Waals surface area contributed by atoms with Gasteiger partial charge in [0.25, 0.3) is 0 Å². The van der Waals surface area contributed by atoms with Gasteiger partial charge in [0.05, 0.1) is 35.8 Å². The van der Waals surface area contributed by atoms with Gasteiger partial charge < -0.3 is 24.1 Å². The Morgan fingerprint density at radius 3 is 2.76 bits per heavy atom. The summed E-state index contributed by atoms with van der Waals surface area (Å²) in [6.07, 6.45) is 9.00. The van der Waals surface area contributed by atoms with E-state index in [1.54, 1.807) is 6.26 Å². The molecule has 4 aromatic heterocycles. The number of aromatic nitrogens is 4. The standard InChI is InChI=1S/C24H26N6O3/c1-2-18-20(25-8-1)14-21(30-9-12-31-13-10-30)29-24(18)33-17-5-3-16(4-6-17)28-22-19-7-11-32-23(19)27-15-26-22/h1-2,7-8,11,14-17H,3-6,9-10,12-13H2,(H,26,27,28). The number of rotatable bonds is 5. The maximum Gasteiger partial charge on any atom is 0.231 e. The molecule has 2 aliphatic rings. The minimum atomic E-state index is 0.123. The molecule has 0 spiro atoms. The van der Waals surface area contributed by atoms with E-state index in [4.69, 9.17) is 18.9 Å². The first-order valence-corrected chi connectivity index (χ1v) is 11.5. The molecular formula is C24H26N6O3. The summed E-state index contributed by atoms with van der Waals surface area (Å²) in [6, 6.07) is 8.26. The molecule has 0 bridgehead atoms. The number of fused-ring (bicyclic) bond motifs is 2. The third-order valence-corrected chi connectivity index (χ3v) is 6.44. The minimum Gasteiger partial charge on any atom is -0.474 e. The van der Waals surface area contributed by atoms with Crippen LogP contribution >= 0.6 is 0 Å². The first-order valence-electron chi connectivity index (χ1n) is 11.5. The summed E-state index contributed by atoms with van der Waals surface area (Å²) in [5, 5.41) is 5.44. The van der Waals surface area contributed by atoms with Gasteiger partial charge in [0.15, 0.2) is 0 Å². The highest BCUT2D eigenvalue weighted by molar-refractivity contribution is 5.86. The molecule has 1 aliphatic carbocycles. The average molecular weight is 447 g/mol. The Morgan fingerprint density at radius 1 is 1.00 bits per heavy atom. The fraction of sp³-hybridized carbons (Fsp3) is 0.417. The van der Waals surface area contributed by atoms with Crippen molar-refractivity contribution >= 4 is 33.6 Å². The molecule has 0 aromatic carbocycles. The van der Waals surface area contributed by atoms with Gasteiger partial charge in [-0.1, -0.05) is 0 Å². The van der Waals surface area contributed by atoms with Crippen LogP contribution in [0.25, 0.3) is 22.0 Å². The SMILES string of the molecule is c1cnc2cc(N3CCOCC3)nc(OC3CCC(Nc4ncnc5occc45)CC3)c2c1. The Kier molecular flexibility index (Phi) is 5.39. The molecule has 5 heterocycles. The first-order chi connectivity index (χ1) is 16.3. The van der Waals surface area contributed by atoms with Crippen molar-refractivity contribution in [2.75, 3.05) is 36.5 Å². The van der Waals surface area contributed by atoms with E-state index >= 15 is 0 Å². The average Bonchev–Trinajstić information content (AvgIpc) is 3.36. The van der Waals surface area contributed by atoms with Gasteiger partial charge in [-0.3, -0.25) is 4.98 Å². The lowest BCUT2D eigenvalue weighted by Crippen LogP contribution is -2.37. The topological polar surface area (TPSA) is 98.4 Å². The Hall–Kier alpha value is -3.46. The van der Waals surface area contributed by atoms with E-state index in [0.717, 1.165) is 66.7 Å². The van der Waals surface area contributed by atoms with E-state index in [1.165, 1.54) is 6.33 Å². The number of nitrogens with zero attached hydrogens (tertiary/aromatic N) is 5. The van der Waals surface area contributed by atoms with Crippen molar-refractivity contribution in [1.29, 1.82) is 0 Å². The molecule has 6 rings (SSSR count). The largest absolute Gasteiger partial charge is 0.474 e. The summed E-state index contributed by atoms with van der Waals surface area (Å²) in [5.41, 5.74) is 1.52. The number of morpholine rings is 1. The van der Waals surface area contributed by atoms with Crippen LogP contribution in [0.5, 0.6) is 5.88 Å². The Labute approximate surface area is 191 Å². The summed E-state index contributed by atoms with van der Waals surface area (Å²) in [4.78, 5) is 20.3. The predicted octanol–water partition coefficient (Wildman–Crippen LogP) is 3.80. The summed E-state index contributed by atoms with van der Waals surface area (Å²) in [7, 11) is 0. The fourth-order valence-electron chi connectivity index (χ4n) is 4.66. The summed E-state index contributed by atoms with van der Waals surface area (Å²) in [5.74, 6) is 2.41. The van der Waals surface area contributed by atoms with Crippen molar-refractivity contribution in [3.05, 3.63) is 43.1 Å². The number of hydrogen-bond acceptors (Lipinski definition) is 9. The number of furan rings is 1. The lowest BCUT2D eigenvalue weighted by molar-refractivity contribution is 0.122. The van der Waals surface area contributed by atoms with Gasteiger partial charge in [-0.05, 0) is 43.9 Å². The van der Waals surface area contributed by atoms with Gasteiger partial charge in [0, 0.05) is 31.4 Å². The van der Waals surface area contributed by atoms with Crippen molar-refractivity contribution in [3.63, 3.8) is 0 Å². The molecule has 0 unspecified atom stereocenters. The van der Waals surface area contributed by atoms with Crippen LogP contribution in [0.4, 0.5) is 11.6 Å². The smallest absolute Gasteiger partial charge is 0.231 e. The minimum absolute atomic E-state index is 0.123. The molecule has 170 valence electrons. The molecule has 1 saturated heterocycles. The molecule has 2 fully saturated rings. The van der Waals surface area contributed by atoms with Crippen LogP contribution < -0.4 is 15.0 Å². The zero-order valence-corrected chi connectivity index (χ0v) is 18.3. The second-order valence-electron chi connectivity index (χ2n) is 8.55. The normalized spacial score (nSPS) is 21.4. The third-order valence-electron chi connectivity index (χ3n) is 6.44. The molecule has 9 nitrogen and oxygen atoms in total. The molecule has 4 aromatic rings. The predicted molar refractivity (Wildman–Crippen MR) is 125 cm³/mol. The van der Waals surface area contributed by atoms with E-state index in [2.05, 4.69) is 25.2 Å². The molecule has 0 radical (unpaired) electrons. The van der Waals surface area contributed by atoms with Crippen molar-refractivity contribution in [2.45, 2.75) is 37.8 Å². The first kappa shape index (κ1) is 20.2. The van der Waals surface area contributed by atoms with Crippen LogP contribution in [0.15, 0.2) is 47.5 Å².